The number of nitrogens with one attached hydrogen (secondary N) is 1. The van der Waals surface area contributed by atoms with E-state index in [0.29, 0.717) is 0 Å². The molecule has 2 heteroatoms. The van der Waals surface area contributed by atoms with Crippen LogP contribution in [-0.2, 0) is 0 Å². The van der Waals surface area contributed by atoms with Crippen molar-refractivity contribution in [2.24, 2.45) is 0 Å². The second-order valence-corrected chi connectivity index (χ2v) is 4.64. The van der Waals surface area contributed by atoms with Crippen molar-refractivity contribution in [3.8, 4) is 11.1 Å². The van der Waals surface area contributed by atoms with Gasteiger partial charge in [0.1, 0.15) is 0 Å². The first-order chi connectivity index (χ1) is 9.43. The van der Waals surface area contributed by atoms with E-state index in [-0.39, 0.29) is 0 Å². The molecule has 0 aliphatic rings. The summed E-state index contributed by atoms with van der Waals surface area (Å²) < 4.78 is 0. The van der Waals surface area contributed by atoms with Crippen molar-refractivity contribution >= 4 is 21.8 Å². The van der Waals surface area contributed by atoms with Crippen molar-refractivity contribution in [1.82, 2.24) is 9.97 Å². The largest absolute Gasteiger partial charge is 0.359 e. The fraction of sp³-hybridized carbons (Fsp3) is 0. The van der Waals surface area contributed by atoms with Crippen LogP contribution in [0.25, 0.3) is 32.9 Å². The lowest BCUT2D eigenvalue weighted by Crippen LogP contribution is -1.81. The van der Waals surface area contributed by atoms with E-state index in [9.17, 15) is 0 Å². The van der Waals surface area contributed by atoms with Gasteiger partial charge in [-0.15, -0.1) is 0 Å². The minimum atomic E-state index is 1.03. The zero-order chi connectivity index (χ0) is 12.7. The van der Waals surface area contributed by atoms with Gasteiger partial charge >= 0.3 is 0 Å². The summed E-state index contributed by atoms with van der Waals surface area (Å²) in [5.41, 5.74) is 4.49. The van der Waals surface area contributed by atoms with E-state index in [2.05, 4.69) is 52.4 Å². The Kier molecular flexibility index (Phi) is 2.15. The minimum absolute atomic E-state index is 1.03. The highest BCUT2D eigenvalue weighted by molar-refractivity contribution is 6.08. The van der Waals surface area contributed by atoms with Crippen molar-refractivity contribution < 1.29 is 0 Å². The number of benzene rings is 2. The van der Waals surface area contributed by atoms with Crippen molar-refractivity contribution in [1.29, 1.82) is 0 Å². The second-order valence-electron chi connectivity index (χ2n) is 4.64. The van der Waals surface area contributed by atoms with Crippen LogP contribution in [-0.4, -0.2) is 9.97 Å². The lowest BCUT2D eigenvalue weighted by Gasteiger charge is -2.01. The van der Waals surface area contributed by atoms with E-state index in [1.807, 2.05) is 24.5 Å². The number of H-pyrrole nitrogens is 1. The first-order valence-electron chi connectivity index (χ1n) is 6.34. The Morgan fingerprint density at radius 3 is 2.53 bits per heavy atom. The summed E-state index contributed by atoms with van der Waals surface area (Å²) in [5.74, 6) is 0. The van der Waals surface area contributed by atoms with Crippen LogP contribution < -0.4 is 0 Å². The SMILES string of the molecule is c1ccc(-c2c[nH]c3c2ncc2ccccc23)cc1. The molecule has 4 rings (SSSR count). The molecule has 1 N–H and O–H groups in total. The van der Waals surface area contributed by atoms with Crippen LogP contribution >= 0.6 is 0 Å². The highest BCUT2D eigenvalue weighted by Crippen LogP contribution is 2.30. The molecule has 0 bridgehead atoms. The minimum Gasteiger partial charge on any atom is -0.359 e. The average molecular weight is 244 g/mol. The second kappa shape index (κ2) is 3.95. The lowest BCUT2D eigenvalue weighted by atomic mass is 10.1. The van der Waals surface area contributed by atoms with Gasteiger partial charge < -0.3 is 4.98 Å². The molecule has 2 heterocycles. The summed E-state index contributed by atoms with van der Waals surface area (Å²) in [6, 6.07) is 18.7. The first-order valence-corrected chi connectivity index (χ1v) is 6.34. The molecule has 2 aromatic heterocycles. The maximum atomic E-state index is 4.61. The highest BCUT2D eigenvalue weighted by Gasteiger charge is 2.09. The van der Waals surface area contributed by atoms with Crippen LogP contribution in [0.3, 0.4) is 0 Å². The van der Waals surface area contributed by atoms with Gasteiger partial charge in [-0.05, 0) is 5.56 Å². The first kappa shape index (κ1) is 10.3. The predicted octanol–water partition coefficient (Wildman–Crippen LogP) is 4.38. The number of pyridine rings is 1. The Bertz CT molecular complexity index is 860. The van der Waals surface area contributed by atoms with Crippen LogP contribution in [0.4, 0.5) is 0 Å². The summed E-state index contributed by atoms with van der Waals surface area (Å²) in [4.78, 5) is 7.98. The molecule has 2 aromatic carbocycles. The molecule has 0 aliphatic heterocycles. The van der Waals surface area contributed by atoms with Crippen LogP contribution in [0.15, 0.2) is 67.0 Å². The zero-order valence-corrected chi connectivity index (χ0v) is 10.3. The van der Waals surface area contributed by atoms with Crippen molar-refractivity contribution in [2.75, 3.05) is 0 Å². The van der Waals surface area contributed by atoms with Crippen molar-refractivity contribution in [3.63, 3.8) is 0 Å². The number of aromatic amines is 1. The molecule has 0 radical (unpaired) electrons. The molecule has 90 valence electrons. The van der Waals surface area contributed by atoms with Gasteiger partial charge in [-0.1, -0.05) is 54.6 Å². The van der Waals surface area contributed by atoms with Gasteiger partial charge in [-0.2, -0.15) is 0 Å². The molecule has 0 saturated heterocycles. The Morgan fingerprint density at radius 2 is 1.63 bits per heavy atom. The molecule has 4 aromatic rings. The summed E-state index contributed by atoms with van der Waals surface area (Å²) in [6.45, 7) is 0. The summed E-state index contributed by atoms with van der Waals surface area (Å²) in [5, 5.41) is 2.38. The number of hydrogen-bond donors (Lipinski definition) is 1. The van der Waals surface area contributed by atoms with Gasteiger partial charge in [-0.3, -0.25) is 4.98 Å². The molecular weight excluding hydrogens is 232 g/mol. The standard InChI is InChI=1S/C17H12N2/c1-2-6-12(7-3-1)15-11-19-16-14-9-5-4-8-13(14)10-18-17(15)16/h1-11,19H. The fourth-order valence-electron chi connectivity index (χ4n) is 2.56. The highest BCUT2D eigenvalue weighted by atomic mass is 14.8. The van der Waals surface area contributed by atoms with E-state index >= 15 is 0 Å². The maximum Gasteiger partial charge on any atom is 0.0963 e. The van der Waals surface area contributed by atoms with Gasteiger partial charge in [-0.25, -0.2) is 0 Å². The molecule has 0 fully saturated rings. The van der Waals surface area contributed by atoms with Crippen molar-refractivity contribution in [2.45, 2.75) is 0 Å². The Hall–Kier alpha value is -2.61. The van der Waals surface area contributed by atoms with Crippen LogP contribution in [0, 0.1) is 0 Å². The number of nitrogens with zero attached hydrogens (tertiary/aromatic N) is 1. The third-order valence-corrected chi connectivity index (χ3v) is 3.50. The zero-order valence-electron chi connectivity index (χ0n) is 10.3. The quantitative estimate of drug-likeness (QED) is 0.528. The third-order valence-electron chi connectivity index (χ3n) is 3.50. The van der Waals surface area contributed by atoms with E-state index in [1.165, 1.54) is 10.9 Å². The van der Waals surface area contributed by atoms with Crippen LogP contribution in [0.5, 0.6) is 0 Å². The van der Waals surface area contributed by atoms with Gasteiger partial charge in [0.05, 0.1) is 11.0 Å². The fourth-order valence-corrected chi connectivity index (χ4v) is 2.56. The maximum absolute atomic E-state index is 4.61. The van der Waals surface area contributed by atoms with E-state index in [1.54, 1.807) is 0 Å². The van der Waals surface area contributed by atoms with E-state index in [4.69, 9.17) is 0 Å². The van der Waals surface area contributed by atoms with Gasteiger partial charge in [0.2, 0.25) is 0 Å². The molecule has 19 heavy (non-hydrogen) atoms. The normalized spacial score (nSPS) is 11.2. The smallest absolute Gasteiger partial charge is 0.0963 e. The number of aromatic nitrogens is 2. The molecule has 0 unspecified atom stereocenters. The molecule has 0 aliphatic carbocycles. The molecule has 0 saturated carbocycles. The summed E-state index contributed by atoms with van der Waals surface area (Å²) >= 11 is 0. The Balaban J connectivity index is 2.08. The number of rotatable bonds is 1. The summed E-state index contributed by atoms with van der Waals surface area (Å²) in [7, 11) is 0. The number of hydrogen-bond acceptors (Lipinski definition) is 1. The van der Waals surface area contributed by atoms with Crippen LogP contribution in [0.1, 0.15) is 0 Å². The lowest BCUT2D eigenvalue weighted by molar-refractivity contribution is 1.44. The Labute approximate surface area is 110 Å². The van der Waals surface area contributed by atoms with E-state index in [0.717, 1.165) is 22.0 Å². The topological polar surface area (TPSA) is 28.7 Å². The van der Waals surface area contributed by atoms with Gasteiger partial charge in [0, 0.05) is 28.7 Å². The summed E-state index contributed by atoms with van der Waals surface area (Å²) in [6.07, 6.45) is 3.98. The Morgan fingerprint density at radius 1 is 0.842 bits per heavy atom. The predicted molar refractivity (Wildman–Crippen MR) is 79.0 cm³/mol. The van der Waals surface area contributed by atoms with Crippen LogP contribution in [0.2, 0.25) is 0 Å². The third kappa shape index (κ3) is 1.54. The molecule has 0 atom stereocenters. The monoisotopic (exact) mass is 244 g/mol. The molecule has 0 spiro atoms. The van der Waals surface area contributed by atoms with Gasteiger partial charge in [0.15, 0.2) is 0 Å². The average Bonchev–Trinajstić information content (AvgIpc) is 2.92. The van der Waals surface area contributed by atoms with Gasteiger partial charge in [0.25, 0.3) is 0 Å². The molecular formula is C17H12N2. The van der Waals surface area contributed by atoms with Crippen molar-refractivity contribution in [3.05, 3.63) is 67.0 Å². The molecule has 0 amide bonds. The van der Waals surface area contributed by atoms with E-state index < -0.39 is 0 Å². The number of fused-ring (bicyclic) bond motifs is 3. The molecule has 2 nitrogen and oxygen atoms in total.